The van der Waals surface area contributed by atoms with Gasteiger partial charge in [0, 0.05) is 46.0 Å². The minimum absolute atomic E-state index is 0.0592. The number of benzene rings is 1. The van der Waals surface area contributed by atoms with Gasteiger partial charge < -0.3 is 15.6 Å². The van der Waals surface area contributed by atoms with Gasteiger partial charge >= 0.3 is 0 Å². The molecule has 1 amide bonds. The van der Waals surface area contributed by atoms with Crippen LogP contribution in [0.1, 0.15) is 46.3 Å². The van der Waals surface area contributed by atoms with Gasteiger partial charge in [0.05, 0.1) is 16.3 Å². The molecule has 0 saturated carbocycles. The van der Waals surface area contributed by atoms with Crippen molar-refractivity contribution in [3.8, 4) is 11.3 Å². The van der Waals surface area contributed by atoms with Crippen LogP contribution in [-0.2, 0) is 4.79 Å². The maximum atomic E-state index is 12.6. The van der Waals surface area contributed by atoms with Gasteiger partial charge in [-0.15, -0.1) is 11.3 Å². The number of anilines is 1. The summed E-state index contributed by atoms with van der Waals surface area (Å²) in [5.41, 5.74) is 7.74. The zero-order valence-electron chi connectivity index (χ0n) is 16.6. The van der Waals surface area contributed by atoms with E-state index in [0.717, 1.165) is 52.5 Å². The van der Waals surface area contributed by atoms with Crippen LogP contribution < -0.4 is 10.6 Å². The number of piperidine rings is 1. The van der Waals surface area contributed by atoms with Crippen molar-refractivity contribution in [2.75, 3.05) is 18.4 Å². The molecule has 2 aliphatic heterocycles. The van der Waals surface area contributed by atoms with E-state index in [9.17, 15) is 4.79 Å². The van der Waals surface area contributed by atoms with Crippen molar-refractivity contribution in [3.63, 3.8) is 0 Å². The predicted octanol–water partition coefficient (Wildman–Crippen LogP) is 4.71. The number of nitrogens with one attached hydrogen (secondary N) is 3. The SMILES string of the molecule is Cc1cc(C)c(/C=C2\C(=O)Nc3ccc(-c4csc(C5CCCNC5)n4)cc32)[nH]1. The van der Waals surface area contributed by atoms with Crippen LogP contribution in [0.5, 0.6) is 0 Å². The summed E-state index contributed by atoms with van der Waals surface area (Å²) in [7, 11) is 0. The average molecular weight is 405 g/mol. The van der Waals surface area contributed by atoms with Gasteiger partial charge in [-0.05, 0) is 63.1 Å². The van der Waals surface area contributed by atoms with Gasteiger partial charge in [0.15, 0.2) is 0 Å². The van der Waals surface area contributed by atoms with E-state index in [-0.39, 0.29) is 5.91 Å². The number of amides is 1. The Hall–Kier alpha value is -2.70. The third-order valence-electron chi connectivity index (χ3n) is 5.74. The number of aromatic amines is 1. The molecule has 0 radical (unpaired) electrons. The molecule has 3 N–H and O–H groups in total. The largest absolute Gasteiger partial charge is 0.359 e. The van der Waals surface area contributed by atoms with Crippen molar-refractivity contribution in [2.24, 2.45) is 0 Å². The summed E-state index contributed by atoms with van der Waals surface area (Å²) in [6, 6.07) is 8.21. The van der Waals surface area contributed by atoms with Crippen molar-refractivity contribution in [3.05, 3.63) is 57.2 Å². The maximum Gasteiger partial charge on any atom is 0.256 e. The molecule has 1 saturated heterocycles. The molecule has 1 atom stereocenters. The van der Waals surface area contributed by atoms with E-state index in [1.807, 2.05) is 25.1 Å². The molecule has 0 bridgehead atoms. The molecular formula is C23H24N4OS. The Kier molecular flexibility index (Phi) is 4.60. The number of H-pyrrole nitrogens is 1. The average Bonchev–Trinajstić information content (AvgIpc) is 3.41. The zero-order valence-corrected chi connectivity index (χ0v) is 17.5. The van der Waals surface area contributed by atoms with Gasteiger partial charge in [-0.25, -0.2) is 4.98 Å². The maximum absolute atomic E-state index is 12.6. The summed E-state index contributed by atoms with van der Waals surface area (Å²) in [6.45, 7) is 6.20. The molecule has 6 heteroatoms. The lowest BCUT2D eigenvalue weighted by atomic mass is 10.00. The van der Waals surface area contributed by atoms with E-state index in [1.54, 1.807) is 11.3 Å². The van der Waals surface area contributed by atoms with Crippen molar-refractivity contribution >= 4 is 34.6 Å². The van der Waals surface area contributed by atoms with E-state index >= 15 is 0 Å². The number of nitrogens with zero attached hydrogens (tertiary/aromatic N) is 1. The number of hydrogen-bond acceptors (Lipinski definition) is 4. The standard InChI is InChI=1S/C23H24N4OS/c1-13-8-14(2)25-20(13)10-18-17-9-15(5-6-19(17)26-22(18)28)21-12-29-23(27-21)16-4-3-7-24-11-16/h5-6,8-10,12,16,24-25H,3-4,7,11H2,1-2H3,(H,26,28)/b18-10-. The highest BCUT2D eigenvalue weighted by atomic mass is 32.1. The molecular weight excluding hydrogens is 380 g/mol. The van der Waals surface area contributed by atoms with Crippen molar-refractivity contribution in [2.45, 2.75) is 32.6 Å². The molecule has 0 spiro atoms. The number of thiazole rings is 1. The molecule has 5 rings (SSSR count). The molecule has 29 heavy (non-hydrogen) atoms. The zero-order chi connectivity index (χ0) is 20.0. The van der Waals surface area contributed by atoms with Crippen LogP contribution in [-0.4, -0.2) is 29.0 Å². The number of aryl methyl sites for hydroxylation is 2. The Balaban J connectivity index is 1.49. The minimum atomic E-state index is -0.0592. The summed E-state index contributed by atoms with van der Waals surface area (Å²) < 4.78 is 0. The second-order valence-electron chi connectivity index (χ2n) is 7.94. The first-order valence-corrected chi connectivity index (χ1v) is 11.0. The number of fused-ring (bicyclic) bond motifs is 1. The van der Waals surface area contributed by atoms with Gasteiger partial charge in [0.2, 0.25) is 0 Å². The monoisotopic (exact) mass is 404 g/mol. The fourth-order valence-electron chi connectivity index (χ4n) is 4.20. The Bertz CT molecular complexity index is 1120. The minimum Gasteiger partial charge on any atom is -0.359 e. The van der Waals surface area contributed by atoms with Gasteiger partial charge in [-0.3, -0.25) is 4.79 Å². The van der Waals surface area contributed by atoms with Gasteiger partial charge in [-0.1, -0.05) is 6.07 Å². The summed E-state index contributed by atoms with van der Waals surface area (Å²) in [5, 5.41) is 9.79. The van der Waals surface area contributed by atoms with Crippen molar-refractivity contribution in [1.29, 1.82) is 0 Å². The molecule has 2 aliphatic rings. The van der Waals surface area contributed by atoms with Crippen LogP contribution >= 0.6 is 11.3 Å². The van der Waals surface area contributed by atoms with Crippen LogP contribution in [0.2, 0.25) is 0 Å². The summed E-state index contributed by atoms with van der Waals surface area (Å²) in [5.74, 6) is 0.450. The van der Waals surface area contributed by atoms with E-state index < -0.39 is 0 Å². The second kappa shape index (κ2) is 7.28. The number of carbonyl (C=O) groups is 1. The number of aromatic nitrogens is 2. The highest BCUT2D eigenvalue weighted by molar-refractivity contribution is 7.10. The second-order valence-corrected chi connectivity index (χ2v) is 8.83. The predicted molar refractivity (Wildman–Crippen MR) is 119 cm³/mol. The highest BCUT2D eigenvalue weighted by Crippen LogP contribution is 2.37. The molecule has 1 fully saturated rings. The molecule has 5 nitrogen and oxygen atoms in total. The quantitative estimate of drug-likeness (QED) is 0.554. The molecule has 1 unspecified atom stereocenters. The number of hydrogen-bond donors (Lipinski definition) is 3. The van der Waals surface area contributed by atoms with Crippen molar-refractivity contribution in [1.82, 2.24) is 15.3 Å². The molecule has 4 heterocycles. The molecule has 3 aromatic rings. The van der Waals surface area contributed by atoms with Crippen LogP contribution in [0.4, 0.5) is 5.69 Å². The lowest BCUT2D eigenvalue weighted by molar-refractivity contribution is -0.110. The first-order chi connectivity index (χ1) is 14.1. The third-order valence-corrected chi connectivity index (χ3v) is 6.75. The topological polar surface area (TPSA) is 69.8 Å². The Labute approximate surface area is 174 Å². The fourth-order valence-corrected chi connectivity index (χ4v) is 5.17. The van der Waals surface area contributed by atoms with Gasteiger partial charge in [0.1, 0.15) is 0 Å². The molecule has 1 aromatic carbocycles. The smallest absolute Gasteiger partial charge is 0.256 e. The lowest BCUT2D eigenvalue weighted by Gasteiger charge is -2.20. The number of rotatable bonds is 3. The van der Waals surface area contributed by atoms with Crippen molar-refractivity contribution < 1.29 is 4.79 Å². The normalized spacial score (nSPS) is 20.1. The highest BCUT2D eigenvalue weighted by Gasteiger charge is 2.26. The van der Waals surface area contributed by atoms with E-state index in [4.69, 9.17) is 4.98 Å². The molecule has 2 aromatic heterocycles. The first kappa shape index (κ1) is 18.3. The van der Waals surface area contributed by atoms with Gasteiger partial charge in [0.25, 0.3) is 5.91 Å². The number of carbonyl (C=O) groups excluding carboxylic acids is 1. The Morgan fingerprint density at radius 2 is 2.14 bits per heavy atom. The fraction of sp³-hybridized carbons (Fsp3) is 0.304. The van der Waals surface area contributed by atoms with E-state index in [1.165, 1.54) is 17.8 Å². The van der Waals surface area contributed by atoms with Crippen LogP contribution in [0.25, 0.3) is 22.9 Å². The summed E-state index contributed by atoms with van der Waals surface area (Å²) in [4.78, 5) is 20.9. The Morgan fingerprint density at radius 1 is 1.24 bits per heavy atom. The third kappa shape index (κ3) is 3.43. The summed E-state index contributed by atoms with van der Waals surface area (Å²) >= 11 is 1.74. The van der Waals surface area contributed by atoms with Gasteiger partial charge in [-0.2, -0.15) is 0 Å². The molecule has 148 valence electrons. The molecule has 0 aliphatic carbocycles. The first-order valence-electron chi connectivity index (χ1n) is 10.1. The summed E-state index contributed by atoms with van der Waals surface area (Å²) in [6.07, 6.45) is 4.36. The lowest BCUT2D eigenvalue weighted by Crippen LogP contribution is -2.28. The van der Waals surface area contributed by atoms with E-state index in [2.05, 4.69) is 40.1 Å². The van der Waals surface area contributed by atoms with E-state index in [0.29, 0.717) is 11.5 Å². The van der Waals surface area contributed by atoms with Crippen LogP contribution in [0.15, 0.2) is 29.6 Å². The van der Waals surface area contributed by atoms with Crippen LogP contribution in [0, 0.1) is 13.8 Å². The van der Waals surface area contributed by atoms with Crippen LogP contribution in [0.3, 0.4) is 0 Å². The Morgan fingerprint density at radius 3 is 2.90 bits per heavy atom.